The first-order chi connectivity index (χ1) is 8.70. The molecule has 0 fully saturated rings. The Morgan fingerprint density at radius 2 is 2.28 bits per heavy atom. The normalized spacial score (nSPS) is 10.4. The van der Waals surface area contributed by atoms with Gasteiger partial charge in [-0.1, -0.05) is 0 Å². The van der Waals surface area contributed by atoms with Crippen molar-refractivity contribution >= 4 is 11.8 Å². The standard InChI is InChI=1S/C10H16N8/c1-7-5-13-10(16-11)15-9(7)12-4-3-8-17-14-6-18(8)2/h5-6H,3-4,11H2,1-2H3,(H2,12,13,15,16). The molecule has 0 saturated carbocycles. The van der Waals surface area contributed by atoms with E-state index in [9.17, 15) is 0 Å². The number of aromatic nitrogens is 5. The molecule has 4 N–H and O–H groups in total. The first-order valence-electron chi connectivity index (χ1n) is 5.57. The van der Waals surface area contributed by atoms with Gasteiger partial charge < -0.3 is 9.88 Å². The molecule has 0 aliphatic heterocycles. The Hall–Kier alpha value is -2.22. The summed E-state index contributed by atoms with van der Waals surface area (Å²) in [7, 11) is 1.92. The van der Waals surface area contributed by atoms with E-state index in [0.717, 1.165) is 23.6 Å². The molecule has 2 heterocycles. The van der Waals surface area contributed by atoms with Crippen molar-refractivity contribution < 1.29 is 0 Å². The van der Waals surface area contributed by atoms with Gasteiger partial charge in [-0.3, -0.25) is 5.43 Å². The molecule has 2 aromatic heterocycles. The van der Waals surface area contributed by atoms with Crippen LogP contribution in [0.15, 0.2) is 12.5 Å². The van der Waals surface area contributed by atoms with Crippen molar-refractivity contribution in [3.8, 4) is 0 Å². The Balaban J connectivity index is 1.96. The molecule has 0 radical (unpaired) electrons. The van der Waals surface area contributed by atoms with Crippen molar-refractivity contribution in [1.29, 1.82) is 0 Å². The molecule has 0 saturated heterocycles. The Bertz CT molecular complexity index is 520. The number of anilines is 2. The number of hydrogen-bond acceptors (Lipinski definition) is 7. The van der Waals surface area contributed by atoms with E-state index in [1.807, 2.05) is 18.5 Å². The van der Waals surface area contributed by atoms with Gasteiger partial charge in [0, 0.05) is 31.8 Å². The Morgan fingerprint density at radius 1 is 1.44 bits per heavy atom. The summed E-state index contributed by atoms with van der Waals surface area (Å²) in [5.74, 6) is 7.35. The predicted molar refractivity (Wildman–Crippen MR) is 67.8 cm³/mol. The van der Waals surface area contributed by atoms with Gasteiger partial charge >= 0.3 is 0 Å². The maximum atomic E-state index is 5.27. The summed E-state index contributed by atoms with van der Waals surface area (Å²) >= 11 is 0. The number of aryl methyl sites for hydroxylation is 2. The van der Waals surface area contributed by atoms with Gasteiger partial charge in [0.05, 0.1) is 0 Å². The van der Waals surface area contributed by atoms with E-state index < -0.39 is 0 Å². The summed E-state index contributed by atoms with van der Waals surface area (Å²) in [6, 6.07) is 0. The summed E-state index contributed by atoms with van der Waals surface area (Å²) in [6.07, 6.45) is 4.17. The first-order valence-corrected chi connectivity index (χ1v) is 5.57. The average molecular weight is 248 g/mol. The minimum absolute atomic E-state index is 0.391. The number of nitrogens with one attached hydrogen (secondary N) is 2. The van der Waals surface area contributed by atoms with E-state index in [0.29, 0.717) is 12.5 Å². The Morgan fingerprint density at radius 3 is 2.94 bits per heavy atom. The average Bonchev–Trinajstić information content (AvgIpc) is 2.77. The highest BCUT2D eigenvalue weighted by Crippen LogP contribution is 2.11. The fourth-order valence-corrected chi connectivity index (χ4v) is 1.52. The van der Waals surface area contributed by atoms with Crippen molar-refractivity contribution in [3.63, 3.8) is 0 Å². The SMILES string of the molecule is Cc1cnc(NN)nc1NCCc1nncn1C. The second kappa shape index (κ2) is 5.41. The summed E-state index contributed by atoms with van der Waals surface area (Å²) < 4.78 is 1.89. The van der Waals surface area contributed by atoms with Gasteiger partial charge in [-0.15, -0.1) is 10.2 Å². The fraction of sp³-hybridized carbons (Fsp3) is 0.400. The number of hydrazine groups is 1. The molecular formula is C10H16N8. The van der Waals surface area contributed by atoms with Crippen LogP contribution in [-0.4, -0.2) is 31.3 Å². The van der Waals surface area contributed by atoms with Crippen molar-refractivity contribution in [2.24, 2.45) is 12.9 Å². The maximum Gasteiger partial charge on any atom is 0.239 e. The Labute approximate surface area is 105 Å². The highest BCUT2D eigenvalue weighted by molar-refractivity contribution is 5.45. The van der Waals surface area contributed by atoms with E-state index >= 15 is 0 Å². The topological polar surface area (TPSA) is 107 Å². The Kier molecular flexibility index (Phi) is 3.68. The van der Waals surface area contributed by atoms with Gasteiger partial charge in [0.2, 0.25) is 5.95 Å². The third kappa shape index (κ3) is 2.72. The molecule has 0 atom stereocenters. The maximum absolute atomic E-state index is 5.27. The van der Waals surface area contributed by atoms with Crippen LogP contribution < -0.4 is 16.6 Å². The van der Waals surface area contributed by atoms with E-state index in [1.165, 1.54) is 0 Å². The quantitative estimate of drug-likeness (QED) is 0.499. The van der Waals surface area contributed by atoms with Crippen LogP contribution >= 0.6 is 0 Å². The van der Waals surface area contributed by atoms with Gasteiger partial charge in [0.25, 0.3) is 0 Å². The molecule has 0 aliphatic rings. The number of hydrogen-bond donors (Lipinski definition) is 3. The minimum Gasteiger partial charge on any atom is -0.369 e. The van der Waals surface area contributed by atoms with Crippen LogP contribution in [0, 0.1) is 6.92 Å². The zero-order valence-corrected chi connectivity index (χ0v) is 10.4. The molecule has 0 bridgehead atoms. The summed E-state index contributed by atoms with van der Waals surface area (Å²) in [4.78, 5) is 8.25. The molecule has 0 aromatic carbocycles. The van der Waals surface area contributed by atoms with Crippen molar-refractivity contribution in [3.05, 3.63) is 23.9 Å². The lowest BCUT2D eigenvalue weighted by Crippen LogP contribution is -2.14. The van der Waals surface area contributed by atoms with E-state index in [1.54, 1.807) is 12.5 Å². The molecule has 0 amide bonds. The van der Waals surface area contributed by atoms with Crippen LogP contribution in [0.25, 0.3) is 0 Å². The van der Waals surface area contributed by atoms with Crippen LogP contribution in [0.3, 0.4) is 0 Å². The monoisotopic (exact) mass is 248 g/mol. The second-order valence-corrected chi connectivity index (χ2v) is 3.90. The van der Waals surface area contributed by atoms with Crippen LogP contribution in [-0.2, 0) is 13.5 Å². The second-order valence-electron chi connectivity index (χ2n) is 3.90. The lowest BCUT2D eigenvalue weighted by atomic mass is 10.3. The molecule has 0 unspecified atom stereocenters. The summed E-state index contributed by atoms with van der Waals surface area (Å²) in [6.45, 7) is 2.65. The molecule has 8 heteroatoms. The number of nitrogens with two attached hydrogens (primary N) is 1. The lowest BCUT2D eigenvalue weighted by Gasteiger charge is -2.09. The molecule has 96 valence electrons. The first kappa shape index (κ1) is 12.2. The molecule has 8 nitrogen and oxygen atoms in total. The van der Waals surface area contributed by atoms with Gasteiger partial charge in [-0.25, -0.2) is 10.8 Å². The number of nitrogens with zero attached hydrogens (tertiary/aromatic N) is 5. The number of rotatable bonds is 5. The molecule has 2 rings (SSSR count). The highest BCUT2D eigenvalue weighted by atomic mass is 15.3. The molecule has 0 spiro atoms. The third-order valence-electron chi connectivity index (χ3n) is 2.55. The molecule has 2 aromatic rings. The minimum atomic E-state index is 0.391. The van der Waals surface area contributed by atoms with E-state index in [2.05, 4.69) is 30.9 Å². The van der Waals surface area contributed by atoms with Crippen LogP contribution in [0.4, 0.5) is 11.8 Å². The lowest BCUT2D eigenvalue weighted by molar-refractivity contribution is 0.787. The zero-order chi connectivity index (χ0) is 13.0. The largest absolute Gasteiger partial charge is 0.369 e. The van der Waals surface area contributed by atoms with Crippen LogP contribution in [0.1, 0.15) is 11.4 Å². The van der Waals surface area contributed by atoms with Gasteiger partial charge in [0.15, 0.2) is 0 Å². The van der Waals surface area contributed by atoms with Crippen molar-refractivity contribution in [2.45, 2.75) is 13.3 Å². The number of nitrogen functional groups attached to an aromatic ring is 1. The van der Waals surface area contributed by atoms with Crippen molar-refractivity contribution in [1.82, 2.24) is 24.7 Å². The van der Waals surface area contributed by atoms with Gasteiger partial charge in [-0.2, -0.15) is 4.98 Å². The molecular weight excluding hydrogens is 232 g/mol. The third-order valence-corrected chi connectivity index (χ3v) is 2.55. The van der Waals surface area contributed by atoms with Gasteiger partial charge in [-0.05, 0) is 6.92 Å². The van der Waals surface area contributed by atoms with Crippen molar-refractivity contribution in [2.75, 3.05) is 17.3 Å². The van der Waals surface area contributed by atoms with E-state index in [4.69, 9.17) is 5.84 Å². The zero-order valence-electron chi connectivity index (χ0n) is 10.4. The van der Waals surface area contributed by atoms with Crippen LogP contribution in [0.2, 0.25) is 0 Å². The summed E-state index contributed by atoms with van der Waals surface area (Å²) in [5.41, 5.74) is 3.38. The van der Waals surface area contributed by atoms with Crippen LogP contribution in [0.5, 0.6) is 0 Å². The highest BCUT2D eigenvalue weighted by Gasteiger charge is 2.04. The smallest absolute Gasteiger partial charge is 0.239 e. The van der Waals surface area contributed by atoms with E-state index in [-0.39, 0.29) is 0 Å². The molecule has 18 heavy (non-hydrogen) atoms. The molecule has 0 aliphatic carbocycles. The fourth-order valence-electron chi connectivity index (χ4n) is 1.52. The van der Waals surface area contributed by atoms with Gasteiger partial charge in [0.1, 0.15) is 18.0 Å². The predicted octanol–water partition coefficient (Wildman–Crippen LogP) is -0.146. The summed E-state index contributed by atoms with van der Waals surface area (Å²) in [5, 5.41) is 11.1.